The van der Waals surface area contributed by atoms with E-state index >= 15 is 0 Å². The summed E-state index contributed by atoms with van der Waals surface area (Å²) < 4.78 is 12.7. The first-order valence-electron chi connectivity index (χ1n) is 10.2. The van der Waals surface area contributed by atoms with Crippen molar-refractivity contribution in [2.24, 2.45) is 0 Å². The molecule has 0 spiro atoms. The highest BCUT2D eigenvalue weighted by atomic mass is 16.5. The average molecular weight is 415 g/mol. The van der Waals surface area contributed by atoms with E-state index in [0.717, 1.165) is 28.2 Å². The third-order valence-corrected chi connectivity index (χ3v) is 5.24. The molecule has 1 amide bonds. The Morgan fingerprint density at radius 1 is 1.00 bits per heavy atom. The topological polar surface area (TPSA) is 64.9 Å². The van der Waals surface area contributed by atoms with Gasteiger partial charge in [-0.05, 0) is 30.7 Å². The first-order chi connectivity index (χ1) is 15.2. The maximum Gasteiger partial charge on any atom is 0.220 e. The summed E-state index contributed by atoms with van der Waals surface area (Å²) in [5.74, 6) is 1.38. The minimum atomic E-state index is -0.0252. The Morgan fingerprint density at radius 3 is 2.58 bits per heavy atom. The zero-order valence-electron chi connectivity index (χ0n) is 17.7. The summed E-state index contributed by atoms with van der Waals surface area (Å²) in [5.41, 5.74) is 4.76. The van der Waals surface area contributed by atoms with Gasteiger partial charge < -0.3 is 19.2 Å². The molecule has 0 atom stereocenters. The van der Waals surface area contributed by atoms with E-state index in [0.29, 0.717) is 30.9 Å². The van der Waals surface area contributed by atoms with Crippen LogP contribution < -0.4 is 14.8 Å². The fourth-order valence-corrected chi connectivity index (χ4v) is 3.62. The quantitative estimate of drug-likeness (QED) is 0.467. The number of aromatic nitrogens is 2. The van der Waals surface area contributed by atoms with Gasteiger partial charge in [0.15, 0.2) is 0 Å². The molecule has 6 nitrogen and oxygen atoms in total. The molecule has 0 saturated carbocycles. The van der Waals surface area contributed by atoms with Gasteiger partial charge in [-0.15, -0.1) is 0 Å². The molecule has 0 bridgehead atoms. The number of ether oxygens (including phenoxy) is 2. The number of fused-ring (bicyclic) bond motifs is 1. The smallest absolute Gasteiger partial charge is 0.220 e. The Labute approximate surface area is 181 Å². The molecule has 1 N–H and O–H groups in total. The lowest BCUT2D eigenvalue weighted by Gasteiger charge is -2.11. The van der Waals surface area contributed by atoms with E-state index in [1.54, 1.807) is 14.2 Å². The number of carbonyl (C=O) groups is 1. The molecular weight excluding hydrogens is 390 g/mol. The van der Waals surface area contributed by atoms with Crippen molar-refractivity contribution in [2.75, 3.05) is 14.2 Å². The third kappa shape index (κ3) is 4.53. The largest absolute Gasteiger partial charge is 0.497 e. The van der Waals surface area contributed by atoms with Gasteiger partial charge in [0.1, 0.15) is 17.1 Å². The van der Waals surface area contributed by atoms with Crippen molar-refractivity contribution in [1.29, 1.82) is 0 Å². The number of benzene rings is 2. The number of carbonyl (C=O) groups excluding carboxylic acids is 1. The molecule has 0 radical (unpaired) electrons. The second kappa shape index (κ2) is 9.34. The summed E-state index contributed by atoms with van der Waals surface area (Å²) in [6, 6.07) is 21.6. The van der Waals surface area contributed by atoms with Gasteiger partial charge in [-0.1, -0.05) is 36.4 Å². The van der Waals surface area contributed by atoms with Crippen molar-refractivity contribution in [3.05, 3.63) is 84.2 Å². The number of hydrogen-bond donors (Lipinski definition) is 1. The van der Waals surface area contributed by atoms with Gasteiger partial charge in [-0.25, -0.2) is 4.98 Å². The number of imidazole rings is 1. The predicted octanol–water partition coefficient (Wildman–Crippen LogP) is 4.27. The van der Waals surface area contributed by atoms with Gasteiger partial charge in [-0.3, -0.25) is 4.79 Å². The van der Waals surface area contributed by atoms with Crippen LogP contribution in [0.5, 0.6) is 11.5 Å². The molecule has 2 heterocycles. The second-order valence-electron chi connectivity index (χ2n) is 7.16. The number of rotatable bonds is 8. The van der Waals surface area contributed by atoms with Crippen LogP contribution in [0.4, 0.5) is 0 Å². The van der Waals surface area contributed by atoms with Crippen LogP contribution in [0.15, 0.2) is 72.9 Å². The van der Waals surface area contributed by atoms with Crippen LogP contribution in [0.1, 0.15) is 17.7 Å². The van der Waals surface area contributed by atoms with Crippen molar-refractivity contribution in [3.63, 3.8) is 0 Å². The highest BCUT2D eigenvalue weighted by Gasteiger charge is 2.15. The maximum atomic E-state index is 12.6. The zero-order valence-corrected chi connectivity index (χ0v) is 17.7. The van der Waals surface area contributed by atoms with Crippen LogP contribution in [0, 0.1) is 0 Å². The molecule has 0 saturated heterocycles. The Morgan fingerprint density at radius 2 is 1.81 bits per heavy atom. The summed E-state index contributed by atoms with van der Waals surface area (Å²) in [5, 5.41) is 2.99. The van der Waals surface area contributed by atoms with Crippen LogP contribution in [0.2, 0.25) is 0 Å². The number of nitrogens with one attached hydrogen (secondary N) is 1. The number of amides is 1. The molecule has 0 aliphatic carbocycles. The zero-order chi connectivity index (χ0) is 21.6. The van der Waals surface area contributed by atoms with Crippen LogP contribution in [-0.4, -0.2) is 29.5 Å². The summed E-state index contributed by atoms with van der Waals surface area (Å²) in [7, 11) is 3.22. The molecule has 2 aromatic carbocycles. The van der Waals surface area contributed by atoms with Crippen LogP contribution >= 0.6 is 0 Å². The molecule has 0 aliphatic rings. The van der Waals surface area contributed by atoms with Gasteiger partial charge in [0.05, 0.1) is 25.6 Å². The molecule has 6 heteroatoms. The fourth-order valence-electron chi connectivity index (χ4n) is 3.62. The first kappa shape index (κ1) is 20.5. The average Bonchev–Trinajstić information content (AvgIpc) is 3.20. The second-order valence-corrected chi connectivity index (χ2v) is 7.16. The standard InChI is InChI=1S/C25H25N3O3/c1-30-20-12-11-19(22(16-20)31-2)17-26-24(29)14-13-21-25(18-8-4-3-5-9-18)27-23-10-6-7-15-28(21)23/h3-12,15-16H,13-14,17H2,1-2H3,(H,26,29). The van der Waals surface area contributed by atoms with E-state index < -0.39 is 0 Å². The molecule has 4 rings (SSSR count). The van der Waals surface area contributed by atoms with E-state index in [4.69, 9.17) is 14.5 Å². The predicted molar refractivity (Wildman–Crippen MR) is 120 cm³/mol. The molecule has 4 aromatic rings. The number of pyridine rings is 1. The van der Waals surface area contributed by atoms with Crippen LogP contribution in [-0.2, 0) is 17.8 Å². The summed E-state index contributed by atoms with van der Waals surface area (Å²) in [4.78, 5) is 17.4. The minimum absolute atomic E-state index is 0.0252. The maximum absolute atomic E-state index is 12.6. The summed E-state index contributed by atoms with van der Waals surface area (Å²) in [6.07, 6.45) is 2.94. The Balaban J connectivity index is 1.48. The summed E-state index contributed by atoms with van der Waals surface area (Å²) >= 11 is 0. The molecule has 0 aliphatic heterocycles. The SMILES string of the molecule is COc1ccc(CNC(=O)CCc2c(-c3ccccc3)nc3ccccn23)c(OC)c1. The van der Waals surface area contributed by atoms with Crippen molar-refractivity contribution in [3.8, 4) is 22.8 Å². The number of nitrogens with zero attached hydrogens (tertiary/aromatic N) is 2. The monoisotopic (exact) mass is 415 g/mol. The molecule has 2 aromatic heterocycles. The third-order valence-electron chi connectivity index (χ3n) is 5.24. The highest BCUT2D eigenvalue weighted by molar-refractivity contribution is 5.77. The Hall–Kier alpha value is -3.80. The van der Waals surface area contributed by atoms with Gasteiger partial charge in [-0.2, -0.15) is 0 Å². The van der Waals surface area contributed by atoms with Crippen molar-refractivity contribution in [2.45, 2.75) is 19.4 Å². The highest BCUT2D eigenvalue weighted by Crippen LogP contribution is 2.26. The van der Waals surface area contributed by atoms with Crippen molar-refractivity contribution in [1.82, 2.24) is 14.7 Å². The number of aryl methyl sites for hydroxylation is 1. The van der Waals surface area contributed by atoms with E-state index in [1.807, 2.05) is 72.9 Å². The van der Waals surface area contributed by atoms with E-state index in [2.05, 4.69) is 9.72 Å². The van der Waals surface area contributed by atoms with Gasteiger partial charge in [0.2, 0.25) is 5.91 Å². The van der Waals surface area contributed by atoms with E-state index in [-0.39, 0.29) is 5.91 Å². The summed E-state index contributed by atoms with van der Waals surface area (Å²) in [6.45, 7) is 0.394. The van der Waals surface area contributed by atoms with E-state index in [9.17, 15) is 4.79 Å². The lowest BCUT2D eigenvalue weighted by molar-refractivity contribution is -0.121. The van der Waals surface area contributed by atoms with Crippen molar-refractivity contribution < 1.29 is 14.3 Å². The van der Waals surface area contributed by atoms with Gasteiger partial charge in [0.25, 0.3) is 0 Å². The minimum Gasteiger partial charge on any atom is -0.497 e. The molecule has 0 unspecified atom stereocenters. The Bertz CT molecular complexity index is 1190. The van der Waals surface area contributed by atoms with E-state index in [1.165, 1.54) is 0 Å². The Kier molecular flexibility index (Phi) is 6.17. The van der Waals surface area contributed by atoms with Gasteiger partial charge >= 0.3 is 0 Å². The fraction of sp³-hybridized carbons (Fsp3) is 0.200. The molecule has 158 valence electrons. The lowest BCUT2D eigenvalue weighted by Crippen LogP contribution is -2.23. The normalized spacial score (nSPS) is 10.8. The van der Waals surface area contributed by atoms with Crippen molar-refractivity contribution >= 4 is 11.6 Å². The van der Waals surface area contributed by atoms with Crippen LogP contribution in [0.3, 0.4) is 0 Å². The number of hydrogen-bond acceptors (Lipinski definition) is 4. The molecule has 0 fully saturated rings. The molecule has 31 heavy (non-hydrogen) atoms. The molecular formula is C25H25N3O3. The lowest BCUT2D eigenvalue weighted by atomic mass is 10.1. The van der Waals surface area contributed by atoms with Crippen LogP contribution in [0.25, 0.3) is 16.9 Å². The number of methoxy groups -OCH3 is 2. The first-order valence-corrected chi connectivity index (χ1v) is 10.2. The van der Waals surface area contributed by atoms with Gasteiger partial charge in [0, 0.05) is 36.4 Å².